The Morgan fingerprint density at radius 1 is 0.830 bits per heavy atom. The van der Waals surface area contributed by atoms with Crippen molar-refractivity contribution in [2.24, 2.45) is 0 Å². The average Bonchev–Trinajstić information content (AvgIpc) is 3.07. The molecule has 296 valence electrons. The van der Waals surface area contributed by atoms with Gasteiger partial charge in [0.15, 0.2) is 17.2 Å². The Morgan fingerprint density at radius 3 is 1.47 bits per heavy atom. The Kier molecular flexibility index (Phi) is 36.1. The Bertz CT molecular complexity index is 1730. The Hall–Kier alpha value is -2.70. The second-order valence-corrected chi connectivity index (χ2v) is 15.4. The van der Waals surface area contributed by atoms with Gasteiger partial charge in [-0.2, -0.15) is 8.42 Å². The van der Waals surface area contributed by atoms with Gasteiger partial charge in [0.25, 0.3) is 9.69 Å². The van der Waals surface area contributed by atoms with Gasteiger partial charge in [-0.3, -0.25) is 13.5 Å². The number of hydrogen-bond acceptors (Lipinski definition) is 15. The van der Waals surface area contributed by atoms with Crippen molar-refractivity contribution in [3.8, 4) is 23.0 Å². The quantitative estimate of drug-likeness (QED) is 0.0444. The van der Waals surface area contributed by atoms with Crippen molar-refractivity contribution in [2.45, 2.75) is 0 Å². The SMILES string of the molecule is COc1ccc(N)nc1Br.COc1ccc([N+](=O)[O-])nc1Br.COc1cccnc1Br.O=S(=O)(O)O.O=[N+]([O-])O.Oc1cccnc1Br.[2H]CF.[Cl][Sn][Cl]. The van der Waals surface area contributed by atoms with E-state index in [1.165, 1.54) is 19.2 Å². The standard InChI is InChI=1S/C6H5BrN2O3.C6H7BrN2O.C6H6BrNO.C5H4BrNO.CH3F.2ClH.HNO3.H2O4S.Sn/c1-12-4-2-3-5(9(10)11)8-6(4)7;1-10-4-2-3-5(8)9-6(4)7;1-9-5-3-2-4-8-6(5)7;6-5-4(8)2-1-3-7-5;1-2;;;2-1(3)4;1-5(2,3)4;/h2-3H,1H3;2-3H,1H3,(H2,8,9);2-4H,1H3;1-3,8H;1H3;2*1H;(H,2,3,4);(H2,1,2,3,4);/q;;;;;;;;;+2/p-2/i;;;;1D;;;;;. The summed E-state index contributed by atoms with van der Waals surface area (Å²) in [6.45, 7) is 0. The van der Waals surface area contributed by atoms with Gasteiger partial charge >= 0.3 is 52.9 Å². The van der Waals surface area contributed by atoms with E-state index in [1.54, 1.807) is 50.9 Å². The van der Waals surface area contributed by atoms with Gasteiger partial charge in [-0.05, 0) is 100 Å². The summed E-state index contributed by atoms with van der Waals surface area (Å²) in [6, 6.07) is 13.1. The summed E-state index contributed by atoms with van der Waals surface area (Å²) in [7, 11) is 8.86. The van der Waals surface area contributed by atoms with Gasteiger partial charge in [0.1, 0.15) is 25.4 Å². The number of methoxy groups -OCH3 is 3. The van der Waals surface area contributed by atoms with E-state index < -0.39 is 46.5 Å². The van der Waals surface area contributed by atoms with Crippen molar-refractivity contribution in [2.75, 3.05) is 34.2 Å². The van der Waals surface area contributed by atoms with E-state index in [0.717, 1.165) is 10.4 Å². The van der Waals surface area contributed by atoms with Crippen LogP contribution in [0, 0.1) is 20.2 Å². The number of nitrogen functional groups attached to an aromatic ring is 1. The number of anilines is 1. The second kappa shape index (κ2) is 35.0. The molecule has 2 radical (unpaired) electrons. The Morgan fingerprint density at radius 2 is 1.19 bits per heavy atom. The van der Waals surface area contributed by atoms with Crippen LogP contribution in [0.25, 0.3) is 0 Å². The van der Waals surface area contributed by atoms with Gasteiger partial charge in [-0.1, -0.05) is 0 Å². The first-order chi connectivity index (χ1) is 25.1. The molecule has 29 heteroatoms. The molecule has 53 heavy (non-hydrogen) atoms. The van der Waals surface area contributed by atoms with Gasteiger partial charge in [-0.15, -0.1) is 10.1 Å². The number of nitrogens with zero attached hydrogens (tertiary/aromatic N) is 6. The number of aromatic nitrogens is 4. The number of alkyl halides is 1. The molecular formula is C24H28Br4Cl2FN7O13SSn. The normalized spacial score (nSPS) is 9.09. The molecule has 0 atom stereocenters. The van der Waals surface area contributed by atoms with Crippen LogP contribution in [0.3, 0.4) is 0 Å². The molecule has 0 fully saturated rings. The summed E-state index contributed by atoms with van der Waals surface area (Å²) in [4.78, 5) is 33.3. The molecule has 4 aromatic rings. The van der Waals surface area contributed by atoms with E-state index in [0.29, 0.717) is 31.1 Å². The topological polar surface area (TPSA) is 307 Å². The van der Waals surface area contributed by atoms with E-state index in [1.807, 2.05) is 12.1 Å². The number of ether oxygens (including phenoxy) is 3. The molecule has 4 rings (SSSR count). The van der Waals surface area contributed by atoms with Crippen LogP contribution < -0.4 is 19.9 Å². The van der Waals surface area contributed by atoms with Crippen LogP contribution in [0.4, 0.5) is 16.0 Å². The molecular weight excluding hydrogens is 1150 g/mol. The first-order valence-corrected chi connectivity index (χ1v) is 24.0. The van der Waals surface area contributed by atoms with Gasteiger partial charge in [0, 0.05) is 34.4 Å². The predicted octanol–water partition coefficient (Wildman–Crippen LogP) is 7.18. The van der Waals surface area contributed by atoms with Gasteiger partial charge < -0.3 is 40.4 Å². The van der Waals surface area contributed by atoms with Crippen LogP contribution in [0.15, 0.2) is 79.3 Å². The van der Waals surface area contributed by atoms with Crippen LogP contribution in [-0.2, 0) is 10.4 Å². The van der Waals surface area contributed by atoms with Crippen LogP contribution in [0.2, 0.25) is 0 Å². The molecule has 0 aliphatic carbocycles. The summed E-state index contributed by atoms with van der Waals surface area (Å²) < 4.78 is 64.0. The molecule has 4 aromatic heterocycles. The molecule has 0 aliphatic heterocycles. The van der Waals surface area contributed by atoms with Crippen LogP contribution in [-0.4, -0.2) is 105 Å². The number of nitrogens with two attached hydrogens (primary N) is 1. The number of rotatable bonds is 4. The van der Waals surface area contributed by atoms with E-state index in [9.17, 15) is 14.5 Å². The van der Waals surface area contributed by atoms with Crippen molar-refractivity contribution in [1.82, 2.24) is 19.9 Å². The monoisotopic (exact) mass is 1180 g/mol. The van der Waals surface area contributed by atoms with E-state index in [4.69, 9.17) is 77.1 Å². The van der Waals surface area contributed by atoms with E-state index in [2.05, 4.69) is 83.7 Å². The minimum absolute atomic E-state index is 0.174. The number of hydrogen-bond donors (Lipinski definition) is 5. The maximum absolute atomic E-state index is 10.2. The number of nitro groups is 1. The summed E-state index contributed by atoms with van der Waals surface area (Å²) in [5, 5.41) is 32.7. The number of aromatic hydroxyl groups is 1. The molecule has 0 unspecified atom stereocenters. The van der Waals surface area contributed by atoms with Crippen molar-refractivity contribution in [3.63, 3.8) is 0 Å². The number of halogens is 7. The molecule has 0 spiro atoms. The van der Waals surface area contributed by atoms with Crippen molar-refractivity contribution in [3.05, 3.63) is 99.6 Å². The zero-order valence-electron chi connectivity index (χ0n) is 27.8. The fourth-order valence-electron chi connectivity index (χ4n) is 2.15. The van der Waals surface area contributed by atoms with Crippen molar-refractivity contribution in [1.29, 1.82) is 0 Å². The Balaban J connectivity index is -0.000000277. The summed E-state index contributed by atoms with van der Waals surface area (Å²) >= 11 is 11.7. The molecule has 0 aromatic carbocycles. The molecule has 0 amide bonds. The van der Waals surface area contributed by atoms with Crippen LogP contribution >= 0.6 is 81.6 Å². The maximum atomic E-state index is 10.2. The minimum atomic E-state index is -4.67. The zero-order valence-corrected chi connectivity index (χ0v) is 38.3. The number of pyridine rings is 4. The third kappa shape index (κ3) is 36.1. The Labute approximate surface area is 354 Å². The molecule has 4 heterocycles. The summed E-state index contributed by atoms with van der Waals surface area (Å²) in [5.41, 5.74) is 5.39. The first-order valence-electron chi connectivity index (χ1n) is 12.9. The van der Waals surface area contributed by atoms with Crippen molar-refractivity contribution < 1.29 is 57.8 Å². The van der Waals surface area contributed by atoms with Crippen molar-refractivity contribution >= 4 is 122 Å². The van der Waals surface area contributed by atoms with Crippen LogP contribution in [0.5, 0.6) is 23.0 Å². The average molecular weight is 1180 g/mol. The van der Waals surface area contributed by atoms with Gasteiger partial charge in [0.2, 0.25) is 0 Å². The zero-order chi connectivity index (χ0) is 42.9. The van der Waals surface area contributed by atoms with Gasteiger partial charge in [0.05, 0.1) is 29.9 Å². The predicted molar refractivity (Wildman–Crippen MR) is 208 cm³/mol. The molecule has 0 aliphatic rings. The molecule has 0 bridgehead atoms. The van der Waals surface area contributed by atoms with Crippen LogP contribution in [0.1, 0.15) is 1.37 Å². The third-order valence-corrected chi connectivity index (χ3v) is 6.29. The van der Waals surface area contributed by atoms with E-state index >= 15 is 0 Å². The summed E-state index contributed by atoms with van der Waals surface area (Å²) in [6.07, 6.45) is 3.30. The van der Waals surface area contributed by atoms with E-state index in [-0.39, 0.29) is 11.6 Å². The fourth-order valence-corrected chi connectivity index (χ4v) is 3.79. The molecule has 6 N–H and O–H groups in total. The molecule has 20 nitrogen and oxygen atoms in total. The fraction of sp³-hybridized carbons (Fsp3) is 0.167. The molecule has 0 saturated heterocycles. The second-order valence-electron chi connectivity index (χ2n) is 7.22. The van der Waals surface area contributed by atoms with Gasteiger partial charge in [-0.25, -0.2) is 15.0 Å². The third-order valence-electron chi connectivity index (χ3n) is 3.95. The first kappa shape index (κ1) is 54.6. The summed E-state index contributed by atoms with van der Waals surface area (Å²) in [5.74, 6) is 2.37. The molecule has 0 saturated carbocycles.